The van der Waals surface area contributed by atoms with Gasteiger partial charge in [0, 0.05) is 0 Å². The number of tetrazole rings is 1. The lowest BCUT2D eigenvalue weighted by atomic mass is 9.93. The molecule has 1 aliphatic heterocycles. The number of nitrogens with one attached hydrogen (secondary N) is 1. The van der Waals surface area contributed by atoms with Crippen LogP contribution in [0.3, 0.4) is 0 Å². The van der Waals surface area contributed by atoms with E-state index < -0.39 is 6.61 Å². The standard InChI is InChI=1S/C17H15F2N5O/c18-16(19)25-13-8-6-12(7-9-13)15-10-14(11-4-2-1-3-5-11)20-17-21-22-23-24(15)17/h1-9,14-16H,10H2,(H,20,21,23)/t14-,15-/m0/s1. The van der Waals surface area contributed by atoms with E-state index in [2.05, 4.69) is 25.6 Å². The molecule has 0 saturated heterocycles. The highest BCUT2D eigenvalue weighted by molar-refractivity contribution is 5.38. The molecule has 8 heteroatoms. The van der Waals surface area contributed by atoms with Crippen LogP contribution in [0.5, 0.6) is 5.75 Å². The number of benzene rings is 2. The second kappa shape index (κ2) is 6.46. The van der Waals surface area contributed by atoms with Gasteiger partial charge in [-0.2, -0.15) is 8.78 Å². The van der Waals surface area contributed by atoms with Crippen molar-refractivity contribution in [3.05, 3.63) is 65.7 Å². The van der Waals surface area contributed by atoms with Gasteiger partial charge in [0.25, 0.3) is 0 Å². The van der Waals surface area contributed by atoms with Gasteiger partial charge < -0.3 is 10.1 Å². The van der Waals surface area contributed by atoms with Crippen LogP contribution in [0, 0.1) is 0 Å². The van der Waals surface area contributed by atoms with Crippen LogP contribution in [0.25, 0.3) is 0 Å². The third-order valence-corrected chi connectivity index (χ3v) is 4.24. The summed E-state index contributed by atoms with van der Waals surface area (Å²) in [6.07, 6.45) is 0.733. The summed E-state index contributed by atoms with van der Waals surface area (Å²) in [4.78, 5) is 0. The van der Waals surface area contributed by atoms with Gasteiger partial charge in [0.2, 0.25) is 5.95 Å². The fourth-order valence-corrected chi connectivity index (χ4v) is 3.09. The predicted molar refractivity (Wildman–Crippen MR) is 86.5 cm³/mol. The number of anilines is 1. The van der Waals surface area contributed by atoms with E-state index in [-0.39, 0.29) is 17.8 Å². The second-order valence-corrected chi connectivity index (χ2v) is 5.75. The fourth-order valence-electron chi connectivity index (χ4n) is 3.09. The van der Waals surface area contributed by atoms with Crippen molar-refractivity contribution in [1.82, 2.24) is 20.2 Å². The molecule has 25 heavy (non-hydrogen) atoms. The van der Waals surface area contributed by atoms with Crippen LogP contribution in [0.4, 0.5) is 14.7 Å². The molecule has 0 bridgehead atoms. The molecule has 0 radical (unpaired) electrons. The van der Waals surface area contributed by atoms with Gasteiger partial charge in [0.15, 0.2) is 0 Å². The Kier molecular flexibility index (Phi) is 4.01. The van der Waals surface area contributed by atoms with Crippen molar-refractivity contribution in [2.75, 3.05) is 5.32 Å². The summed E-state index contributed by atoms with van der Waals surface area (Å²) in [5, 5.41) is 15.2. The van der Waals surface area contributed by atoms with Gasteiger partial charge in [-0.15, -0.1) is 0 Å². The quantitative estimate of drug-likeness (QED) is 0.786. The van der Waals surface area contributed by atoms with E-state index >= 15 is 0 Å². The Labute approximate surface area is 142 Å². The summed E-state index contributed by atoms with van der Waals surface area (Å²) in [6.45, 7) is -2.83. The average molecular weight is 343 g/mol. The van der Waals surface area contributed by atoms with E-state index in [0.717, 1.165) is 17.5 Å². The van der Waals surface area contributed by atoms with Crippen LogP contribution >= 0.6 is 0 Å². The number of rotatable bonds is 4. The van der Waals surface area contributed by atoms with Crippen LogP contribution < -0.4 is 10.1 Å². The van der Waals surface area contributed by atoms with Crippen LogP contribution in [0.15, 0.2) is 54.6 Å². The minimum Gasteiger partial charge on any atom is -0.435 e. The normalized spacial score (nSPS) is 19.3. The minimum atomic E-state index is -2.83. The first-order valence-corrected chi connectivity index (χ1v) is 7.85. The summed E-state index contributed by atoms with van der Waals surface area (Å²) in [5.74, 6) is 0.710. The van der Waals surface area contributed by atoms with Crippen molar-refractivity contribution < 1.29 is 13.5 Å². The molecule has 2 atom stereocenters. The molecule has 3 aromatic rings. The molecule has 0 amide bonds. The lowest BCUT2D eigenvalue weighted by molar-refractivity contribution is -0.0498. The SMILES string of the molecule is FC(F)Oc1ccc([C@@H]2C[C@@H](c3ccccc3)Nc3nnnn32)cc1. The van der Waals surface area contributed by atoms with Crippen molar-refractivity contribution in [1.29, 1.82) is 0 Å². The largest absolute Gasteiger partial charge is 0.435 e. The average Bonchev–Trinajstić information content (AvgIpc) is 3.10. The van der Waals surface area contributed by atoms with E-state index in [1.165, 1.54) is 12.1 Å². The highest BCUT2D eigenvalue weighted by Gasteiger charge is 2.30. The lowest BCUT2D eigenvalue weighted by Crippen LogP contribution is -2.28. The third-order valence-electron chi connectivity index (χ3n) is 4.24. The van der Waals surface area contributed by atoms with Crippen LogP contribution in [0.2, 0.25) is 0 Å². The zero-order valence-electron chi connectivity index (χ0n) is 13.1. The Bertz CT molecular complexity index is 838. The number of hydrogen-bond acceptors (Lipinski definition) is 5. The molecule has 1 aromatic heterocycles. The van der Waals surface area contributed by atoms with Crippen LogP contribution in [0.1, 0.15) is 29.6 Å². The highest BCUT2D eigenvalue weighted by Crippen LogP contribution is 2.37. The summed E-state index contributed by atoms with van der Waals surface area (Å²) < 4.78 is 30.7. The van der Waals surface area contributed by atoms with Gasteiger partial charge in [-0.1, -0.05) is 47.6 Å². The molecule has 128 valence electrons. The molecule has 1 aliphatic rings. The van der Waals surface area contributed by atoms with Crippen molar-refractivity contribution in [2.45, 2.75) is 25.1 Å². The number of aromatic nitrogens is 4. The Morgan fingerprint density at radius 1 is 1.04 bits per heavy atom. The van der Waals surface area contributed by atoms with Crippen molar-refractivity contribution in [2.24, 2.45) is 0 Å². The van der Waals surface area contributed by atoms with Gasteiger partial charge in [0.1, 0.15) is 5.75 Å². The Balaban J connectivity index is 1.64. The first kappa shape index (κ1) is 15.5. The predicted octanol–water partition coefficient (Wildman–Crippen LogP) is 3.42. The number of nitrogens with zero attached hydrogens (tertiary/aromatic N) is 4. The number of ether oxygens (including phenoxy) is 1. The first-order valence-electron chi connectivity index (χ1n) is 7.85. The summed E-state index contributed by atoms with van der Waals surface area (Å²) >= 11 is 0. The fraction of sp³-hybridized carbons (Fsp3) is 0.235. The van der Waals surface area contributed by atoms with Crippen molar-refractivity contribution >= 4 is 5.95 Å². The van der Waals surface area contributed by atoms with E-state index in [4.69, 9.17) is 0 Å². The molecule has 1 N–H and O–H groups in total. The molecular formula is C17H15F2N5O. The first-order chi connectivity index (χ1) is 12.2. The van der Waals surface area contributed by atoms with Crippen molar-refractivity contribution in [3.8, 4) is 5.75 Å². The van der Waals surface area contributed by atoms with Crippen LogP contribution in [-0.2, 0) is 0 Å². The second-order valence-electron chi connectivity index (χ2n) is 5.75. The molecule has 0 fully saturated rings. The zero-order valence-corrected chi connectivity index (χ0v) is 13.1. The minimum absolute atomic E-state index is 0.0571. The molecule has 0 saturated carbocycles. The van der Waals surface area contributed by atoms with Crippen molar-refractivity contribution in [3.63, 3.8) is 0 Å². The topological polar surface area (TPSA) is 64.9 Å². The third kappa shape index (κ3) is 3.15. The summed E-state index contributed by atoms with van der Waals surface area (Å²) in [5.41, 5.74) is 2.07. The zero-order chi connectivity index (χ0) is 17.2. The molecule has 2 aromatic carbocycles. The van der Waals surface area contributed by atoms with E-state index in [1.807, 2.05) is 30.3 Å². The molecule has 0 aliphatic carbocycles. The number of halogens is 2. The van der Waals surface area contributed by atoms with Gasteiger partial charge in [-0.25, -0.2) is 4.68 Å². The Hall–Kier alpha value is -3.03. The summed E-state index contributed by atoms with van der Waals surface area (Å²) in [6, 6.07) is 16.6. The Morgan fingerprint density at radius 3 is 2.52 bits per heavy atom. The van der Waals surface area contributed by atoms with E-state index in [1.54, 1.807) is 16.8 Å². The highest BCUT2D eigenvalue weighted by atomic mass is 19.3. The van der Waals surface area contributed by atoms with Gasteiger partial charge in [-0.3, -0.25) is 0 Å². The van der Waals surface area contributed by atoms with E-state index in [9.17, 15) is 8.78 Å². The smallest absolute Gasteiger partial charge is 0.387 e. The molecule has 4 rings (SSSR count). The monoisotopic (exact) mass is 343 g/mol. The maximum atomic E-state index is 12.3. The Morgan fingerprint density at radius 2 is 1.80 bits per heavy atom. The molecule has 0 spiro atoms. The molecule has 2 heterocycles. The maximum absolute atomic E-state index is 12.3. The number of fused-ring (bicyclic) bond motifs is 1. The lowest BCUT2D eigenvalue weighted by Gasteiger charge is -2.31. The molecule has 6 nitrogen and oxygen atoms in total. The van der Waals surface area contributed by atoms with E-state index in [0.29, 0.717) is 5.95 Å². The van der Waals surface area contributed by atoms with Gasteiger partial charge in [-0.05, 0) is 40.1 Å². The molecular weight excluding hydrogens is 328 g/mol. The number of alkyl halides is 2. The van der Waals surface area contributed by atoms with Gasteiger partial charge >= 0.3 is 6.61 Å². The maximum Gasteiger partial charge on any atom is 0.387 e. The van der Waals surface area contributed by atoms with Gasteiger partial charge in [0.05, 0.1) is 12.1 Å². The number of hydrogen-bond donors (Lipinski definition) is 1. The molecule has 0 unspecified atom stereocenters. The van der Waals surface area contributed by atoms with Crippen LogP contribution in [-0.4, -0.2) is 26.8 Å². The summed E-state index contributed by atoms with van der Waals surface area (Å²) in [7, 11) is 0.